The Morgan fingerprint density at radius 3 is 2.47 bits per heavy atom. The molecule has 5 nitrogen and oxygen atoms in total. The maximum Gasteiger partial charge on any atom is 0.212 e. The molecule has 0 aromatic heterocycles. The number of rotatable bonds is 7. The van der Waals surface area contributed by atoms with Gasteiger partial charge in [0.25, 0.3) is 0 Å². The van der Waals surface area contributed by atoms with Gasteiger partial charge in [-0.3, -0.25) is 0 Å². The molecule has 0 aliphatic rings. The fraction of sp³-hybridized carbons (Fsp3) is 0.889. The average Bonchev–Trinajstić information content (AvgIpc) is 2.10. The molecule has 0 amide bonds. The first-order valence-electron chi connectivity index (χ1n) is 4.94. The lowest BCUT2D eigenvalue weighted by molar-refractivity contribution is 0.390. The van der Waals surface area contributed by atoms with Gasteiger partial charge in [0.1, 0.15) is 6.54 Å². The highest BCUT2D eigenvalue weighted by molar-refractivity contribution is 7.88. The van der Waals surface area contributed by atoms with E-state index in [1.807, 2.05) is 13.0 Å². The quantitative estimate of drug-likeness (QED) is 0.634. The van der Waals surface area contributed by atoms with Crippen LogP contribution in [0.25, 0.3) is 0 Å². The highest BCUT2D eigenvalue weighted by Gasteiger charge is 2.16. The van der Waals surface area contributed by atoms with E-state index >= 15 is 0 Å². The van der Waals surface area contributed by atoms with Gasteiger partial charge in [0, 0.05) is 6.54 Å². The summed E-state index contributed by atoms with van der Waals surface area (Å²) >= 11 is 0. The van der Waals surface area contributed by atoms with Crippen molar-refractivity contribution in [1.29, 1.82) is 5.26 Å². The van der Waals surface area contributed by atoms with Crippen molar-refractivity contribution in [2.75, 3.05) is 25.9 Å². The predicted molar refractivity (Wildman–Crippen MR) is 59.5 cm³/mol. The zero-order chi connectivity index (χ0) is 11.9. The second-order valence-electron chi connectivity index (χ2n) is 3.73. The minimum atomic E-state index is -3.26. The van der Waals surface area contributed by atoms with Crippen LogP contribution in [-0.2, 0) is 10.0 Å². The van der Waals surface area contributed by atoms with Crippen LogP contribution in [0.2, 0.25) is 0 Å². The monoisotopic (exact) mass is 233 g/mol. The predicted octanol–water partition coefficient (Wildman–Crippen LogP) is 0.147. The first-order valence-corrected chi connectivity index (χ1v) is 6.78. The van der Waals surface area contributed by atoms with Crippen molar-refractivity contribution >= 4 is 10.0 Å². The molecule has 15 heavy (non-hydrogen) atoms. The molecule has 6 heteroatoms. The molecule has 2 N–H and O–H groups in total. The van der Waals surface area contributed by atoms with Gasteiger partial charge in [-0.1, -0.05) is 6.92 Å². The molecule has 88 valence electrons. The summed E-state index contributed by atoms with van der Waals surface area (Å²) in [7, 11) is -3.26. The van der Waals surface area contributed by atoms with E-state index in [9.17, 15) is 8.42 Å². The van der Waals surface area contributed by atoms with Crippen molar-refractivity contribution in [3.8, 4) is 6.07 Å². The van der Waals surface area contributed by atoms with E-state index in [0.29, 0.717) is 19.0 Å². The fourth-order valence-corrected chi connectivity index (χ4v) is 1.96. The summed E-state index contributed by atoms with van der Waals surface area (Å²) in [6.07, 6.45) is 2.74. The zero-order valence-electron chi connectivity index (χ0n) is 9.31. The first-order chi connectivity index (χ1) is 6.91. The van der Waals surface area contributed by atoms with Gasteiger partial charge < -0.3 is 5.73 Å². The second kappa shape index (κ2) is 6.77. The van der Waals surface area contributed by atoms with Crippen LogP contribution in [0, 0.1) is 17.2 Å². The molecule has 0 aliphatic carbocycles. The maximum absolute atomic E-state index is 11.2. The molecule has 0 rings (SSSR count). The maximum atomic E-state index is 11.2. The van der Waals surface area contributed by atoms with Crippen LogP contribution < -0.4 is 5.73 Å². The highest BCUT2D eigenvalue weighted by Crippen LogP contribution is 2.09. The summed E-state index contributed by atoms with van der Waals surface area (Å²) in [5, 5.41) is 8.49. The summed E-state index contributed by atoms with van der Waals surface area (Å²) < 4.78 is 23.7. The van der Waals surface area contributed by atoms with E-state index in [4.69, 9.17) is 11.0 Å². The molecule has 0 spiro atoms. The van der Waals surface area contributed by atoms with E-state index in [1.165, 1.54) is 4.31 Å². The Balaban J connectivity index is 4.15. The molecular weight excluding hydrogens is 214 g/mol. The SMILES string of the molecule is CC(CCN)CCN(CC#N)S(C)(=O)=O. The van der Waals surface area contributed by atoms with E-state index in [-0.39, 0.29) is 6.54 Å². The van der Waals surface area contributed by atoms with Crippen LogP contribution in [0.4, 0.5) is 0 Å². The van der Waals surface area contributed by atoms with Crippen molar-refractivity contribution in [2.24, 2.45) is 11.7 Å². The molecule has 1 unspecified atom stereocenters. The lowest BCUT2D eigenvalue weighted by atomic mass is 10.0. The van der Waals surface area contributed by atoms with Crippen molar-refractivity contribution in [1.82, 2.24) is 4.31 Å². The Hall–Kier alpha value is -0.640. The number of hydrogen-bond donors (Lipinski definition) is 1. The third kappa shape index (κ3) is 6.44. The van der Waals surface area contributed by atoms with E-state index in [2.05, 4.69) is 0 Å². The number of sulfonamides is 1. The van der Waals surface area contributed by atoms with Crippen LogP contribution in [-0.4, -0.2) is 38.6 Å². The van der Waals surface area contributed by atoms with Crippen molar-refractivity contribution in [3.05, 3.63) is 0 Å². The number of hydrogen-bond acceptors (Lipinski definition) is 4. The smallest absolute Gasteiger partial charge is 0.212 e. The molecule has 1 atom stereocenters. The van der Waals surface area contributed by atoms with E-state index < -0.39 is 10.0 Å². The molecule has 0 saturated heterocycles. The largest absolute Gasteiger partial charge is 0.330 e. The van der Waals surface area contributed by atoms with Gasteiger partial charge in [-0.25, -0.2) is 8.42 Å². The third-order valence-electron chi connectivity index (χ3n) is 2.25. The lowest BCUT2D eigenvalue weighted by Gasteiger charge is -2.18. The molecule has 0 heterocycles. The van der Waals surface area contributed by atoms with Crippen LogP contribution in [0.15, 0.2) is 0 Å². The van der Waals surface area contributed by atoms with Crippen LogP contribution >= 0.6 is 0 Å². The Morgan fingerprint density at radius 1 is 1.47 bits per heavy atom. The van der Waals surface area contributed by atoms with Crippen molar-refractivity contribution in [2.45, 2.75) is 19.8 Å². The molecule has 0 radical (unpaired) electrons. The average molecular weight is 233 g/mol. The van der Waals surface area contributed by atoms with Crippen LogP contribution in [0.5, 0.6) is 0 Å². The van der Waals surface area contributed by atoms with Crippen LogP contribution in [0.1, 0.15) is 19.8 Å². The fourth-order valence-electron chi connectivity index (χ4n) is 1.23. The van der Waals surface area contributed by atoms with Crippen LogP contribution in [0.3, 0.4) is 0 Å². The lowest BCUT2D eigenvalue weighted by Crippen LogP contribution is -2.32. The van der Waals surface area contributed by atoms with Gasteiger partial charge in [-0.15, -0.1) is 0 Å². The Morgan fingerprint density at radius 2 is 2.07 bits per heavy atom. The molecule has 0 aliphatic heterocycles. The summed E-state index contributed by atoms with van der Waals surface area (Å²) in [6.45, 7) is 2.96. The molecule has 0 bridgehead atoms. The zero-order valence-corrected chi connectivity index (χ0v) is 10.1. The van der Waals surface area contributed by atoms with Gasteiger partial charge >= 0.3 is 0 Å². The van der Waals surface area contributed by atoms with Gasteiger partial charge in [0.15, 0.2) is 0 Å². The normalized spacial score (nSPS) is 13.8. The third-order valence-corrected chi connectivity index (χ3v) is 3.50. The standard InChI is InChI=1S/C9H19N3O2S/c1-9(3-5-10)4-7-12(8-6-11)15(2,13)14/h9H,3-5,7-8,10H2,1-2H3. The van der Waals surface area contributed by atoms with Gasteiger partial charge in [-0.05, 0) is 25.3 Å². The van der Waals surface area contributed by atoms with E-state index in [0.717, 1.165) is 19.1 Å². The van der Waals surface area contributed by atoms with Gasteiger partial charge in [0.2, 0.25) is 10.0 Å². The van der Waals surface area contributed by atoms with Gasteiger partial charge in [-0.2, -0.15) is 9.57 Å². The van der Waals surface area contributed by atoms with Crippen molar-refractivity contribution in [3.63, 3.8) is 0 Å². The number of nitrogens with zero attached hydrogens (tertiary/aromatic N) is 2. The topological polar surface area (TPSA) is 87.2 Å². The summed E-state index contributed by atoms with van der Waals surface area (Å²) in [5.74, 6) is 0.387. The minimum Gasteiger partial charge on any atom is -0.330 e. The second-order valence-corrected chi connectivity index (χ2v) is 5.71. The van der Waals surface area contributed by atoms with Gasteiger partial charge in [0.05, 0.1) is 12.3 Å². The molecule has 0 fully saturated rings. The first kappa shape index (κ1) is 14.4. The summed E-state index contributed by atoms with van der Waals surface area (Å²) in [5.41, 5.74) is 5.40. The van der Waals surface area contributed by atoms with E-state index in [1.54, 1.807) is 0 Å². The highest BCUT2D eigenvalue weighted by atomic mass is 32.2. The molecule has 0 saturated carbocycles. The Kier molecular flexibility index (Phi) is 6.48. The Labute approximate surface area is 91.9 Å². The summed E-state index contributed by atoms with van der Waals surface area (Å²) in [6, 6.07) is 1.85. The van der Waals surface area contributed by atoms with Crippen molar-refractivity contribution < 1.29 is 8.42 Å². The number of nitrogens with two attached hydrogens (primary N) is 1. The Bertz CT molecular complexity index is 308. The molecule has 0 aromatic rings. The molecule has 0 aromatic carbocycles. The minimum absolute atomic E-state index is 0.0752. The number of nitriles is 1. The summed E-state index contributed by atoms with van der Waals surface area (Å²) in [4.78, 5) is 0. The molecular formula is C9H19N3O2S.